The second-order valence-electron chi connectivity index (χ2n) is 5.05. The first-order chi connectivity index (χ1) is 10.8. The van der Waals surface area contributed by atoms with Crippen molar-refractivity contribution in [1.82, 2.24) is 0 Å². The molecule has 1 aliphatic heterocycles. The first kappa shape index (κ1) is 17.5. The molecule has 0 saturated carbocycles. The van der Waals surface area contributed by atoms with Crippen molar-refractivity contribution in [1.29, 1.82) is 0 Å². The molecule has 0 unspecified atom stereocenters. The zero-order valence-electron chi connectivity index (χ0n) is 12.3. The molecule has 2 N–H and O–H groups in total. The molecule has 2 aromatic rings. The number of rotatable bonds is 5. The molecule has 23 heavy (non-hydrogen) atoms. The minimum atomic E-state index is -0.514. The van der Waals surface area contributed by atoms with Crippen molar-refractivity contribution >= 4 is 17.3 Å². The minimum Gasteiger partial charge on any atom is -0.861 e. The van der Waals surface area contributed by atoms with E-state index in [0.717, 1.165) is 16.9 Å². The van der Waals surface area contributed by atoms with Crippen LogP contribution in [0.5, 0.6) is 0 Å². The maximum atomic E-state index is 12.2. The number of para-hydroxylation sites is 2. The van der Waals surface area contributed by atoms with Crippen LogP contribution in [0, 0.1) is 6.67 Å². The van der Waals surface area contributed by atoms with Crippen LogP contribution >= 0.6 is 0 Å². The number of hydrogen-bond donors (Lipinski definition) is 2. The van der Waals surface area contributed by atoms with Gasteiger partial charge in [-0.05, 0) is 23.6 Å². The zero-order valence-corrected chi connectivity index (χ0v) is 13.9. The van der Waals surface area contributed by atoms with Crippen LogP contribution in [0.25, 0.3) is 0 Å². The fraction of sp³-hybridized carbons (Fsp3) is 0.176. The summed E-state index contributed by atoms with van der Waals surface area (Å²) in [6, 6.07) is 16.6. The van der Waals surface area contributed by atoms with Crippen LogP contribution in [0.15, 0.2) is 59.6 Å². The largest absolute Gasteiger partial charge is 0.861 e. The Hall–Kier alpha value is -1.87. The average molecular weight is 406 g/mol. The standard InChI is InChI=1S/C17H18N3O2.Pd.2H2/c21-11-15(13-6-2-1-3-7-13)19-17(22)10-20-12-18-14-8-4-5-9-16(14)20;;;/h1-9,12,15,18,21H,10-11H2,(H,19,22);;2*1H/p-1/t15-;;;/m1.../s1. The van der Waals surface area contributed by atoms with E-state index in [4.69, 9.17) is 0 Å². The zero-order chi connectivity index (χ0) is 15.4. The summed E-state index contributed by atoms with van der Waals surface area (Å²) in [7, 11) is 0. The number of anilines is 2. The fourth-order valence-electron chi connectivity index (χ4n) is 2.45. The predicted molar refractivity (Wildman–Crippen MR) is 89.6 cm³/mol. The third kappa shape index (κ3) is 4.11. The van der Waals surface area contributed by atoms with Gasteiger partial charge >= 0.3 is 0 Å². The second-order valence-corrected chi connectivity index (χ2v) is 5.05. The molecule has 1 aliphatic rings. The van der Waals surface area contributed by atoms with E-state index in [-0.39, 0.29) is 42.3 Å². The Bertz CT molecular complexity index is 674. The molecule has 127 valence electrons. The topological polar surface area (TPSA) is 70.9 Å². The molecule has 1 atom stereocenters. The number of nitrogens with one attached hydrogen (secondary N) is 1. The molecule has 2 aromatic carbocycles. The second kappa shape index (κ2) is 8.12. The smallest absolute Gasteiger partial charge is 0.139 e. The van der Waals surface area contributed by atoms with E-state index in [0.29, 0.717) is 0 Å². The van der Waals surface area contributed by atoms with Gasteiger partial charge in [-0.1, -0.05) is 42.5 Å². The molecule has 3 rings (SSSR count). The minimum absolute atomic E-state index is 0. The predicted octanol–water partition coefficient (Wildman–Crippen LogP) is 2.02. The van der Waals surface area contributed by atoms with Crippen molar-refractivity contribution in [3.05, 3.63) is 66.8 Å². The number of aliphatic hydroxyl groups excluding tert-OH is 1. The summed E-state index contributed by atoms with van der Waals surface area (Å²) in [5.74, 6) is -0.266. The van der Waals surface area contributed by atoms with Crippen LogP contribution in [0.4, 0.5) is 11.4 Å². The Labute approximate surface area is 152 Å². The fourth-order valence-corrected chi connectivity index (χ4v) is 2.45. The SMILES string of the molecule is [HH].[HH].[O-]C(CN1[CH]Nc2ccccc21)=N[C@H](CO)c1ccccc1.[Pd]. The van der Waals surface area contributed by atoms with Crippen molar-refractivity contribution in [3.8, 4) is 0 Å². The summed E-state index contributed by atoms with van der Waals surface area (Å²) in [4.78, 5) is 5.94. The van der Waals surface area contributed by atoms with Crippen molar-refractivity contribution in [2.75, 3.05) is 23.4 Å². The average Bonchev–Trinajstić information content (AvgIpc) is 2.96. The monoisotopic (exact) mass is 405 g/mol. The van der Waals surface area contributed by atoms with Crippen LogP contribution in [-0.2, 0) is 20.4 Å². The third-order valence-electron chi connectivity index (χ3n) is 3.55. The number of fused-ring (bicyclic) bond motifs is 1. The van der Waals surface area contributed by atoms with E-state index in [1.54, 1.807) is 6.67 Å². The van der Waals surface area contributed by atoms with E-state index >= 15 is 0 Å². The molecule has 0 aliphatic carbocycles. The van der Waals surface area contributed by atoms with Gasteiger partial charge in [-0.3, -0.25) is 4.99 Å². The Morgan fingerprint density at radius 2 is 1.87 bits per heavy atom. The van der Waals surface area contributed by atoms with Crippen molar-refractivity contribution < 1.29 is 33.5 Å². The van der Waals surface area contributed by atoms with Gasteiger partial charge in [0, 0.05) is 29.8 Å². The normalized spacial score (nSPS) is 14.7. The summed E-state index contributed by atoms with van der Waals surface area (Å²) < 4.78 is 0. The third-order valence-corrected chi connectivity index (χ3v) is 3.55. The number of nitrogens with zero attached hydrogens (tertiary/aromatic N) is 2. The molecule has 0 aromatic heterocycles. The molecule has 1 radical (unpaired) electrons. The van der Waals surface area contributed by atoms with Gasteiger partial charge in [0.25, 0.3) is 0 Å². The van der Waals surface area contributed by atoms with E-state index in [9.17, 15) is 10.2 Å². The van der Waals surface area contributed by atoms with Gasteiger partial charge in [0.2, 0.25) is 0 Å². The number of hydrogen-bond acceptors (Lipinski definition) is 5. The van der Waals surface area contributed by atoms with Crippen LogP contribution in [0.3, 0.4) is 0 Å². The van der Waals surface area contributed by atoms with Gasteiger partial charge < -0.3 is 20.4 Å². The summed E-state index contributed by atoms with van der Waals surface area (Å²) >= 11 is 0. The van der Waals surface area contributed by atoms with Gasteiger partial charge in [0.1, 0.15) is 6.67 Å². The van der Waals surface area contributed by atoms with Gasteiger partial charge in [0.15, 0.2) is 0 Å². The van der Waals surface area contributed by atoms with E-state index < -0.39 is 6.04 Å². The summed E-state index contributed by atoms with van der Waals surface area (Å²) in [6.45, 7) is 1.72. The molecule has 0 bridgehead atoms. The molecule has 0 saturated heterocycles. The van der Waals surface area contributed by atoms with Crippen molar-refractivity contribution in [2.24, 2.45) is 4.99 Å². The van der Waals surface area contributed by atoms with Crippen molar-refractivity contribution in [2.45, 2.75) is 6.04 Å². The molecular weight excluding hydrogens is 385 g/mol. The van der Waals surface area contributed by atoms with E-state index in [1.807, 2.05) is 59.5 Å². The Balaban J connectivity index is 0.00000192. The Kier molecular flexibility index (Phi) is 6.17. The summed E-state index contributed by atoms with van der Waals surface area (Å²) in [5.41, 5.74) is 2.76. The molecule has 0 fully saturated rings. The first-order valence-corrected chi connectivity index (χ1v) is 7.13. The van der Waals surface area contributed by atoms with E-state index in [2.05, 4.69) is 10.3 Å². The van der Waals surface area contributed by atoms with Crippen LogP contribution < -0.4 is 15.3 Å². The molecular formula is C17H21N3O2Pd-. The molecule has 0 amide bonds. The Morgan fingerprint density at radius 3 is 2.61 bits per heavy atom. The van der Waals surface area contributed by atoms with Crippen molar-refractivity contribution in [3.63, 3.8) is 0 Å². The summed E-state index contributed by atoms with van der Waals surface area (Å²) in [5, 5.41) is 24.8. The Morgan fingerprint density at radius 1 is 1.17 bits per heavy atom. The number of benzene rings is 2. The summed E-state index contributed by atoms with van der Waals surface area (Å²) in [6.07, 6.45) is 0. The van der Waals surface area contributed by atoms with Crippen LogP contribution in [0.1, 0.15) is 14.5 Å². The number of aliphatic hydroxyl groups is 1. The van der Waals surface area contributed by atoms with Crippen LogP contribution in [0.2, 0.25) is 0 Å². The maximum absolute atomic E-state index is 12.2. The molecule has 1 heterocycles. The van der Waals surface area contributed by atoms with Gasteiger partial charge in [-0.15, -0.1) is 0 Å². The quantitative estimate of drug-likeness (QED) is 0.453. The molecule has 0 spiro atoms. The first-order valence-electron chi connectivity index (χ1n) is 7.13. The van der Waals surface area contributed by atoms with Gasteiger partial charge in [0.05, 0.1) is 24.0 Å². The molecule has 5 nitrogen and oxygen atoms in total. The van der Waals surface area contributed by atoms with E-state index in [1.165, 1.54) is 0 Å². The van der Waals surface area contributed by atoms with Crippen LogP contribution in [-0.4, -0.2) is 24.2 Å². The van der Waals surface area contributed by atoms with Gasteiger partial charge in [-0.25, -0.2) is 0 Å². The van der Waals surface area contributed by atoms with Gasteiger partial charge in [-0.2, -0.15) is 0 Å². The molecule has 6 heteroatoms. The number of aliphatic imine (C=N–C) groups is 1. The maximum Gasteiger partial charge on any atom is 0.139 e.